The number of carbonyl (C=O) groups is 2. The fraction of sp³-hybridized carbons (Fsp3) is 0.167. The predicted molar refractivity (Wildman–Crippen MR) is 100 cm³/mol. The van der Waals surface area contributed by atoms with Gasteiger partial charge in [0.1, 0.15) is 22.7 Å². The van der Waals surface area contributed by atoms with E-state index in [2.05, 4.69) is 10.3 Å². The molecule has 2 aromatic carbocycles. The third kappa shape index (κ3) is 5.08. The Balaban J connectivity index is 1.49. The van der Waals surface area contributed by atoms with Crippen LogP contribution < -0.4 is 10.1 Å². The summed E-state index contributed by atoms with van der Waals surface area (Å²) in [4.78, 5) is 28.1. The van der Waals surface area contributed by atoms with E-state index in [0.29, 0.717) is 21.5 Å². The van der Waals surface area contributed by atoms with Crippen molar-refractivity contribution in [2.45, 2.75) is 11.7 Å². The second-order valence-corrected chi connectivity index (χ2v) is 7.03. The number of para-hydroxylation sites is 1. The smallest absolute Gasteiger partial charge is 0.260 e. The number of aliphatic imine (C=N–C) groups is 1. The van der Waals surface area contributed by atoms with Crippen molar-refractivity contribution in [3.05, 3.63) is 59.6 Å². The van der Waals surface area contributed by atoms with Gasteiger partial charge in [-0.3, -0.25) is 9.59 Å². The number of ether oxygens (including phenoxy) is 1. The minimum absolute atomic E-state index is 0.0500. The molecule has 5 nitrogen and oxygen atoms in total. The largest absolute Gasteiger partial charge is 0.487 e. The molecule has 7 heteroatoms. The highest BCUT2D eigenvalue weighted by Gasteiger charge is 2.30. The van der Waals surface area contributed by atoms with Crippen LogP contribution in [0.1, 0.15) is 6.42 Å². The SMILES string of the molecule is O=C(C[C@@H]1SC(COc2ccccc2)=NC1=O)Nc1cccc(Cl)c1. The lowest BCUT2D eigenvalue weighted by atomic mass is 10.2. The molecule has 1 atom stereocenters. The Hall–Kier alpha value is -2.31. The van der Waals surface area contributed by atoms with Gasteiger partial charge in [0.15, 0.2) is 0 Å². The van der Waals surface area contributed by atoms with Gasteiger partial charge in [-0.15, -0.1) is 0 Å². The van der Waals surface area contributed by atoms with Gasteiger partial charge >= 0.3 is 0 Å². The highest BCUT2D eigenvalue weighted by atomic mass is 35.5. The molecular formula is C18H15ClN2O3S. The average molecular weight is 375 g/mol. The van der Waals surface area contributed by atoms with E-state index in [-0.39, 0.29) is 24.8 Å². The second kappa shape index (κ2) is 8.18. The Kier molecular flexibility index (Phi) is 5.73. The maximum Gasteiger partial charge on any atom is 0.260 e. The van der Waals surface area contributed by atoms with Crippen LogP contribution in [0.2, 0.25) is 5.02 Å². The molecule has 1 N–H and O–H groups in total. The van der Waals surface area contributed by atoms with Crippen molar-refractivity contribution in [3.63, 3.8) is 0 Å². The van der Waals surface area contributed by atoms with Gasteiger partial charge in [-0.2, -0.15) is 0 Å². The van der Waals surface area contributed by atoms with Crippen LogP contribution in [-0.2, 0) is 9.59 Å². The first-order chi connectivity index (χ1) is 12.1. The van der Waals surface area contributed by atoms with Gasteiger partial charge in [0.05, 0.1) is 0 Å². The normalized spacial score (nSPS) is 16.4. The summed E-state index contributed by atoms with van der Waals surface area (Å²) < 4.78 is 5.58. The van der Waals surface area contributed by atoms with Gasteiger partial charge in [-0.25, -0.2) is 4.99 Å². The zero-order valence-electron chi connectivity index (χ0n) is 13.1. The van der Waals surface area contributed by atoms with Crippen LogP contribution >= 0.6 is 23.4 Å². The molecule has 25 heavy (non-hydrogen) atoms. The van der Waals surface area contributed by atoms with Gasteiger partial charge in [-0.1, -0.05) is 47.6 Å². The summed E-state index contributed by atoms with van der Waals surface area (Å²) >= 11 is 7.15. The fourth-order valence-electron chi connectivity index (χ4n) is 2.24. The second-order valence-electron chi connectivity index (χ2n) is 5.31. The molecule has 1 aliphatic rings. The number of nitrogens with zero attached hydrogens (tertiary/aromatic N) is 1. The van der Waals surface area contributed by atoms with Gasteiger partial charge in [0.25, 0.3) is 5.91 Å². The van der Waals surface area contributed by atoms with Gasteiger partial charge in [0.2, 0.25) is 5.91 Å². The molecule has 128 valence electrons. The van der Waals surface area contributed by atoms with Gasteiger partial charge in [0, 0.05) is 17.1 Å². The molecule has 0 fully saturated rings. The Morgan fingerprint density at radius 1 is 1.20 bits per heavy atom. The zero-order chi connectivity index (χ0) is 17.6. The van der Waals surface area contributed by atoms with E-state index in [1.807, 2.05) is 30.3 Å². The van der Waals surface area contributed by atoms with Crippen molar-refractivity contribution in [1.82, 2.24) is 0 Å². The third-order valence-corrected chi connectivity index (χ3v) is 4.74. The standard InChI is InChI=1S/C18H15ClN2O3S/c19-12-5-4-6-13(9-12)20-16(22)10-15-18(23)21-17(25-15)11-24-14-7-2-1-3-8-14/h1-9,15H,10-11H2,(H,20,22)/t15-/m0/s1. The molecule has 0 spiro atoms. The van der Waals surface area contributed by atoms with Crippen molar-refractivity contribution < 1.29 is 14.3 Å². The lowest BCUT2D eigenvalue weighted by Crippen LogP contribution is -2.21. The van der Waals surface area contributed by atoms with Crippen LogP contribution in [0.25, 0.3) is 0 Å². The first-order valence-corrected chi connectivity index (χ1v) is 8.87. The van der Waals surface area contributed by atoms with Crippen molar-refractivity contribution in [3.8, 4) is 5.75 Å². The van der Waals surface area contributed by atoms with E-state index < -0.39 is 5.25 Å². The van der Waals surface area contributed by atoms with Crippen LogP contribution in [0.15, 0.2) is 59.6 Å². The molecule has 3 rings (SSSR count). The molecule has 0 bridgehead atoms. The summed E-state index contributed by atoms with van der Waals surface area (Å²) in [7, 11) is 0. The summed E-state index contributed by atoms with van der Waals surface area (Å²) in [6, 6.07) is 16.2. The Labute approximate surface area is 154 Å². The minimum Gasteiger partial charge on any atom is -0.487 e. The summed E-state index contributed by atoms with van der Waals surface area (Å²) in [6.07, 6.45) is 0.0500. The quantitative estimate of drug-likeness (QED) is 0.835. The predicted octanol–water partition coefficient (Wildman–Crippen LogP) is 3.79. The summed E-state index contributed by atoms with van der Waals surface area (Å²) in [5.74, 6) is 0.145. The molecule has 0 radical (unpaired) electrons. The lowest BCUT2D eigenvalue weighted by Gasteiger charge is -2.09. The molecule has 2 amide bonds. The number of halogens is 1. The number of carbonyl (C=O) groups excluding carboxylic acids is 2. The zero-order valence-corrected chi connectivity index (χ0v) is 14.7. The van der Waals surface area contributed by atoms with Crippen LogP contribution in [0.4, 0.5) is 5.69 Å². The van der Waals surface area contributed by atoms with Crippen LogP contribution in [-0.4, -0.2) is 28.7 Å². The first-order valence-electron chi connectivity index (χ1n) is 7.61. The Bertz CT molecular complexity index is 811. The van der Waals surface area contributed by atoms with Crippen molar-refractivity contribution in [1.29, 1.82) is 0 Å². The van der Waals surface area contributed by atoms with E-state index >= 15 is 0 Å². The Morgan fingerprint density at radius 2 is 2.00 bits per heavy atom. The number of anilines is 1. The summed E-state index contributed by atoms with van der Waals surface area (Å²) in [5.41, 5.74) is 0.599. The highest BCUT2D eigenvalue weighted by Crippen LogP contribution is 2.26. The van der Waals surface area contributed by atoms with E-state index in [9.17, 15) is 9.59 Å². The minimum atomic E-state index is -0.520. The monoisotopic (exact) mass is 374 g/mol. The fourth-order valence-corrected chi connectivity index (χ4v) is 3.42. The highest BCUT2D eigenvalue weighted by molar-refractivity contribution is 8.15. The molecule has 0 aromatic heterocycles. The number of amides is 2. The first kappa shape index (κ1) is 17.5. The number of benzene rings is 2. The van der Waals surface area contributed by atoms with Gasteiger partial charge < -0.3 is 10.1 Å². The lowest BCUT2D eigenvalue weighted by molar-refractivity contribution is -0.121. The number of rotatable bonds is 6. The molecule has 0 unspecified atom stereocenters. The molecule has 0 aliphatic carbocycles. The summed E-state index contributed by atoms with van der Waals surface area (Å²) in [5, 5.41) is 3.33. The number of thioether (sulfide) groups is 1. The molecule has 1 aliphatic heterocycles. The van der Waals surface area contributed by atoms with Crippen molar-refractivity contribution >= 4 is 45.9 Å². The maximum absolute atomic E-state index is 12.1. The number of nitrogens with one attached hydrogen (secondary N) is 1. The number of hydrogen-bond acceptors (Lipinski definition) is 4. The van der Waals surface area contributed by atoms with Crippen LogP contribution in [0.3, 0.4) is 0 Å². The van der Waals surface area contributed by atoms with Crippen molar-refractivity contribution in [2.75, 3.05) is 11.9 Å². The molecule has 0 saturated heterocycles. The Morgan fingerprint density at radius 3 is 2.76 bits per heavy atom. The average Bonchev–Trinajstić information content (AvgIpc) is 2.93. The van der Waals surface area contributed by atoms with E-state index in [1.165, 1.54) is 11.8 Å². The van der Waals surface area contributed by atoms with Crippen LogP contribution in [0, 0.1) is 0 Å². The van der Waals surface area contributed by atoms with Crippen LogP contribution in [0.5, 0.6) is 5.75 Å². The third-order valence-electron chi connectivity index (χ3n) is 3.37. The van der Waals surface area contributed by atoms with E-state index in [4.69, 9.17) is 16.3 Å². The summed E-state index contributed by atoms with van der Waals surface area (Å²) in [6.45, 7) is 0.215. The molecular weight excluding hydrogens is 360 g/mol. The molecule has 0 saturated carbocycles. The molecule has 2 aromatic rings. The van der Waals surface area contributed by atoms with Crippen molar-refractivity contribution in [2.24, 2.45) is 4.99 Å². The maximum atomic E-state index is 12.1. The number of hydrogen-bond donors (Lipinski definition) is 1. The van der Waals surface area contributed by atoms with Gasteiger partial charge in [-0.05, 0) is 30.3 Å². The van der Waals surface area contributed by atoms with E-state index in [0.717, 1.165) is 0 Å². The topological polar surface area (TPSA) is 67.8 Å². The molecule has 1 heterocycles. The van der Waals surface area contributed by atoms with E-state index in [1.54, 1.807) is 24.3 Å².